The van der Waals surface area contributed by atoms with Gasteiger partial charge in [0.2, 0.25) is 11.8 Å². The van der Waals surface area contributed by atoms with Crippen molar-refractivity contribution in [2.75, 3.05) is 51.1 Å². The molecule has 182 valence electrons. The standard InChI is InChI=1S/C28H38N4O2/c1-21-17-22(2)19-32(18-21)27(33)20-30-13-15-31(16-14-30)23(3)28(34)29-26-12-8-7-11-25(26)24-9-5-4-6-10-24/h4-12,21-23H,13-20H2,1-3H3,(H,29,34)/t21-,22-,23+/m1/s1. The van der Waals surface area contributed by atoms with Crippen LogP contribution in [0, 0.1) is 11.8 Å². The van der Waals surface area contributed by atoms with Crippen LogP contribution in [0.4, 0.5) is 5.69 Å². The van der Waals surface area contributed by atoms with Crippen LogP contribution in [0.15, 0.2) is 54.6 Å². The minimum Gasteiger partial charge on any atom is -0.341 e. The first-order valence-corrected chi connectivity index (χ1v) is 12.6. The fraction of sp³-hybridized carbons (Fsp3) is 0.500. The summed E-state index contributed by atoms with van der Waals surface area (Å²) in [5.74, 6) is 1.41. The van der Waals surface area contributed by atoms with E-state index in [0.717, 1.165) is 56.1 Å². The van der Waals surface area contributed by atoms with Crippen molar-refractivity contribution in [2.45, 2.75) is 33.2 Å². The molecule has 2 amide bonds. The summed E-state index contributed by atoms with van der Waals surface area (Å²) in [6, 6.07) is 17.8. The molecule has 2 heterocycles. The first-order chi connectivity index (χ1) is 16.4. The molecule has 0 unspecified atom stereocenters. The van der Waals surface area contributed by atoms with Crippen molar-refractivity contribution in [1.29, 1.82) is 0 Å². The van der Waals surface area contributed by atoms with E-state index in [1.165, 1.54) is 6.42 Å². The first-order valence-electron chi connectivity index (χ1n) is 12.6. The van der Waals surface area contributed by atoms with Crippen LogP contribution in [0.25, 0.3) is 11.1 Å². The van der Waals surface area contributed by atoms with Crippen LogP contribution in [0.5, 0.6) is 0 Å². The van der Waals surface area contributed by atoms with Gasteiger partial charge in [0.05, 0.1) is 12.6 Å². The van der Waals surface area contributed by atoms with Gasteiger partial charge in [-0.25, -0.2) is 0 Å². The summed E-state index contributed by atoms with van der Waals surface area (Å²) in [6.45, 7) is 11.9. The van der Waals surface area contributed by atoms with Crippen molar-refractivity contribution >= 4 is 17.5 Å². The number of piperidine rings is 1. The maximum absolute atomic E-state index is 13.1. The Bertz CT molecular complexity index is 961. The minimum absolute atomic E-state index is 0.00389. The summed E-state index contributed by atoms with van der Waals surface area (Å²) in [4.78, 5) is 32.4. The lowest BCUT2D eigenvalue weighted by atomic mass is 9.92. The molecular formula is C28H38N4O2. The van der Waals surface area contributed by atoms with Crippen LogP contribution in [0.3, 0.4) is 0 Å². The van der Waals surface area contributed by atoms with Gasteiger partial charge in [-0.2, -0.15) is 0 Å². The third kappa shape index (κ3) is 6.05. The van der Waals surface area contributed by atoms with E-state index in [1.807, 2.05) is 54.3 Å². The smallest absolute Gasteiger partial charge is 0.241 e. The van der Waals surface area contributed by atoms with Gasteiger partial charge >= 0.3 is 0 Å². The summed E-state index contributed by atoms with van der Waals surface area (Å²) >= 11 is 0. The molecule has 2 fully saturated rings. The normalized spacial score (nSPS) is 22.9. The second-order valence-corrected chi connectivity index (χ2v) is 10.1. The van der Waals surface area contributed by atoms with E-state index < -0.39 is 0 Å². The predicted octanol–water partition coefficient (Wildman–Crippen LogP) is 3.80. The van der Waals surface area contributed by atoms with Crippen molar-refractivity contribution in [3.63, 3.8) is 0 Å². The molecule has 34 heavy (non-hydrogen) atoms. The van der Waals surface area contributed by atoms with Gasteiger partial charge < -0.3 is 10.2 Å². The zero-order chi connectivity index (χ0) is 24.1. The lowest BCUT2D eigenvalue weighted by molar-refractivity contribution is -0.136. The lowest BCUT2D eigenvalue weighted by Gasteiger charge is -2.39. The fourth-order valence-corrected chi connectivity index (χ4v) is 5.33. The number of amides is 2. The van der Waals surface area contributed by atoms with Gasteiger partial charge in [0.25, 0.3) is 0 Å². The number of hydrogen-bond donors (Lipinski definition) is 1. The van der Waals surface area contributed by atoms with Crippen molar-refractivity contribution in [3.8, 4) is 11.1 Å². The second kappa shape index (κ2) is 11.2. The number of para-hydroxylation sites is 1. The first kappa shape index (κ1) is 24.4. The van der Waals surface area contributed by atoms with Crippen LogP contribution in [0.1, 0.15) is 27.2 Å². The molecule has 0 aromatic heterocycles. The third-order valence-corrected chi connectivity index (χ3v) is 7.18. The summed E-state index contributed by atoms with van der Waals surface area (Å²) in [5, 5.41) is 3.15. The Hall–Kier alpha value is -2.70. The SMILES string of the molecule is C[C@@H]1C[C@@H](C)CN(C(=O)CN2CCN([C@@H](C)C(=O)Nc3ccccc3-c3ccccc3)CC2)C1. The zero-order valence-electron chi connectivity index (χ0n) is 20.7. The Morgan fingerprint density at radius 2 is 1.53 bits per heavy atom. The number of carbonyl (C=O) groups excluding carboxylic acids is 2. The van der Waals surface area contributed by atoms with Gasteiger partial charge in [-0.3, -0.25) is 19.4 Å². The quantitative estimate of drug-likeness (QED) is 0.710. The summed E-state index contributed by atoms with van der Waals surface area (Å²) in [6.07, 6.45) is 1.21. The average Bonchev–Trinajstić information content (AvgIpc) is 2.84. The topological polar surface area (TPSA) is 55.9 Å². The Morgan fingerprint density at radius 3 is 2.21 bits per heavy atom. The van der Waals surface area contributed by atoms with Crippen LogP contribution in [-0.4, -0.2) is 78.4 Å². The Balaban J connectivity index is 1.29. The van der Waals surface area contributed by atoms with E-state index in [2.05, 4.69) is 41.1 Å². The van der Waals surface area contributed by atoms with Crippen molar-refractivity contribution in [3.05, 3.63) is 54.6 Å². The molecule has 3 atom stereocenters. The molecule has 6 heteroatoms. The van der Waals surface area contributed by atoms with Gasteiger partial charge in [-0.15, -0.1) is 0 Å². The number of nitrogens with one attached hydrogen (secondary N) is 1. The number of nitrogens with zero attached hydrogens (tertiary/aromatic N) is 3. The molecule has 6 nitrogen and oxygen atoms in total. The summed E-state index contributed by atoms with van der Waals surface area (Å²) in [5.41, 5.74) is 2.94. The fourth-order valence-electron chi connectivity index (χ4n) is 5.33. The van der Waals surface area contributed by atoms with E-state index >= 15 is 0 Å². The van der Waals surface area contributed by atoms with E-state index in [1.54, 1.807) is 0 Å². The lowest BCUT2D eigenvalue weighted by Crippen LogP contribution is -2.55. The maximum atomic E-state index is 13.1. The van der Waals surface area contributed by atoms with E-state index in [-0.39, 0.29) is 17.9 Å². The molecule has 2 aliphatic heterocycles. The Morgan fingerprint density at radius 1 is 0.912 bits per heavy atom. The number of piperazine rings is 1. The molecular weight excluding hydrogens is 424 g/mol. The highest BCUT2D eigenvalue weighted by Crippen LogP contribution is 2.28. The molecule has 1 N–H and O–H groups in total. The monoisotopic (exact) mass is 462 g/mol. The Kier molecular flexibility index (Phi) is 8.01. The molecule has 0 aliphatic carbocycles. The highest BCUT2D eigenvalue weighted by Gasteiger charge is 2.29. The van der Waals surface area contributed by atoms with Gasteiger partial charge in [-0.05, 0) is 36.8 Å². The molecule has 0 spiro atoms. The van der Waals surface area contributed by atoms with E-state index in [4.69, 9.17) is 0 Å². The molecule has 0 saturated carbocycles. The highest BCUT2D eigenvalue weighted by atomic mass is 16.2. The Labute approximate surface area is 203 Å². The maximum Gasteiger partial charge on any atom is 0.241 e. The van der Waals surface area contributed by atoms with Gasteiger partial charge in [0, 0.05) is 50.5 Å². The summed E-state index contributed by atoms with van der Waals surface area (Å²) < 4.78 is 0. The van der Waals surface area contributed by atoms with Gasteiger partial charge in [0.1, 0.15) is 0 Å². The molecule has 4 rings (SSSR count). The van der Waals surface area contributed by atoms with Crippen LogP contribution in [0.2, 0.25) is 0 Å². The largest absolute Gasteiger partial charge is 0.341 e. The highest BCUT2D eigenvalue weighted by molar-refractivity contribution is 5.98. The number of likely N-dealkylation sites (tertiary alicyclic amines) is 1. The summed E-state index contributed by atoms with van der Waals surface area (Å²) in [7, 11) is 0. The molecule has 2 aliphatic rings. The average molecular weight is 463 g/mol. The molecule has 2 aromatic rings. The number of benzene rings is 2. The zero-order valence-corrected chi connectivity index (χ0v) is 20.7. The van der Waals surface area contributed by atoms with E-state index in [0.29, 0.717) is 18.4 Å². The van der Waals surface area contributed by atoms with Crippen LogP contribution in [-0.2, 0) is 9.59 Å². The predicted molar refractivity (Wildman–Crippen MR) is 138 cm³/mol. The molecule has 0 bridgehead atoms. The third-order valence-electron chi connectivity index (χ3n) is 7.18. The minimum atomic E-state index is -0.231. The number of hydrogen-bond acceptors (Lipinski definition) is 4. The van der Waals surface area contributed by atoms with Crippen LogP contribution < -0.4 is 5.32 Å². The number of rotatable bonds is 6. The number of carbonyl (C=O) groups is 2. The molecule has 0 radical (unpaired) electrons. The van der Waals surface area contributed by atoms with E-state index in [9.17, 15) is 9.59 Å². The number of anilines is 1. The molecule has 2 saturated heterocycles. The second-order valence-electron chi connectivity index (χ2n) is 10.1. The van der Waals surface area contributed by atoms with Crippen LogP contribution >= 0.6 is 0 Å². The van der Waals surface area contributed by atoms with Crippen molar-refractivity contribution < 1.29 is 9.59 Å². The van der Waals surface area contributed by atoms with Crippen molar-refractivity contribution in [2.24, 2.45) is 11.8 Å². The van der Waals surface area contributed by atoms with Crippen molar-refractivity contribution in [1.82, 2.24) is 14.7 Å². The molecule has 2 aromatic carbocycles. The van der Waals surface area contributed by atoms with Gasteiger partial charge in [-0.1, -0.05) is 62.4 Å². The van der Waals surface area contributed by atoms with Gasteiger partial charge in [0.15, 0.2) is 0 Å².